The predicted octanol–water partition coefficient (Wildman–Crippen LogP) is 5.03. The van der Waals surface area contributed by atoms with Gasteiger partial charge in [0.05, 0.1) is 24.0 Å². The molecule has 1 heterocycles. The van der Waals surface area contributed by atoms with Gasteiger partial charge in [0.15, 0.2) is 0 Å². The first-order valence-corrected chi connectivity index (χ1v) is 10.3. The third-order valence-corrected chi connectivity index (χ3v) is 5.78. The van der Waals surface area contributed by atoms with Gasteiger partial charge in [0, 0.05) is 18.4 Å². The van der Waals surface area contributed by atoms with E-state index in [-0.39, 0.29) is 6.04 Å². The lowest BCUT2D eigenvalue weighted by Gasteiger charge is -2.31. The van der Waals surface area contributed by atoms with Crippen molar-refractivity contribution in [2.45, 2.75) is 25.6 Å². The molecule has 4 aromatic rings. The summed E-state index contributed by atoms with van der Waals surface area (Å²) in [6, 6.07) is 22.9. The van der Waals surface area contributed by atoms with Crippen LogP contribution in [0.25, 0.3) is 10.8 Å². The maximum Gasteiger partial charge on any atom is 0.120 e. The molecule has 2 atom stereocenters. The standard InChI is InChI=1S/C26H26N4O/c1-19(29(2)3)26(30-13-12-28-18-30)24-9-8-23-15-25(11-10-22(23)14-24)31-17-21-6-4-20(16-27)5-7-21/h4-15,18-19,26H,17H2,1-3H3. The highest BCUT2D eigenvalue weighted by molar-refractivity contribution is 5.84. The monoisotopic (exact) mass is 410 g/mol. The summed E-state index contributed by atoms with van der Waals surface area (Å²) >= 11 is 0. The van der Waals surface area contributed by atoms with Gasteiger partial charge in [-0.1, -0.05) is 30.3 Å². The van der Waals surface area contributed by atoms with Crippen LogP contribution in [-0.2, 0) is 6.61 Å². The van der Waals surface area contributed by atoms with Gasteiger partial charge in [0.25, 0.3) is 0 Å². The minimum Gasteiger partial charge on any atom is -0.489 e. The molecule has 156 valence electrons. The molecule has 0 saturated heterocycles. The number of hydrogen-bond acceptors (Lipinski definition) is 4. The first kappa shape index (κ1) is 20.6. The third-order valence-electron chi connectivity index (χ3n) is 5.78. The van der Waals surface area contributed by atoms with Crippen LogP contribution in [0, 0.1) is 11.3 Å². The first-order valence-electron chi connectivity index (χ1n) is 10.3. The summed E-state index contributed by atoms with van der Waals surface area (Å²) in [5, 5.41) is 11.2. The van der Waals surface area contributed by atoms with Gasteiger partial charge >= 0.3 is 0 Å². The Morgan fingerprint density at radius 3 is 2.45 bits per heavy atom. The van der Waals surface area contributed by atoms with E-state index in [1.165, 1.54) is 10.9 Å². The molecule has 0 aliphatic rings. The molecule has 0 fully saturated rings. The van der Waals surface area contributed by atoms with Crippen LogP contribution in [0.3, 0.4) is 0 Å². The summed E-state index contributed by atoms with van der Waals surface area (Å²) in [6.07, 6.45) is 5.73. The molecule has 5 heteroatoms. The minimum atomic E-state index is 0.175. The van der Waals surface area contributed by atoms with Crippen molar-refractivity contribution in [2.24, 2.45) is 0 Å². The Labute approximate surface area is 183 Å². The number of rotatable bonds is 7. The summed E-state index contributed by atoms with van der Waals surface area (Å²) in [5.41, 5.74) is 2.94. The highest BCUT2D eigenvalue weighted by Crippen LogP contribution is 2.29. The van der Waals surface area contributed by atoms with E-state index in [1.807, 2.05) is 49.1 Å². The number of nitriles is 1. The van der Waals surface area contributed by atoms with E-state index in [1.54, 1.807) is 0 Å². The van der Waals surface area contributed by atoms with Crippen LogP contribution in [-0.4, -0.2) is 34.6 Å². The molecule has 0 radical (unpaired) electrons. The molecule has 0 aliphatic carbocycles. The summed E-state index contributed by atoms with van der Waals surface area (Å²) in [4.78, 5) is 6.48. The largest absolute Gasteiger partial charge is 0.489 e. The van der Waals surface area contributed by atoms with E-state index < -0.39 is 0 Å². The Kier molecular flexibility index (Phi) is 6.01. The Balaban J connectivity index is 1.56. The predicted molar refractivity (Wildman–Crippen MR) is 123 cm³/mol. The van der Waals surface area contributed by atoms with Gasteiger partial charge in [-0.2, -0.15) is 5.26 Å². The lowest BCUT2D eigenvalue weighted by Crippen LogP contribution is -2.34. The lowest BCUT2D eigenvalue weighted by molar-refractivity contribution is 0.252. The van der Waals surface area contributed by atoms with Gasteiger partial charge in [-0.05, 0) is 73.3 Å². The van der Waals surface area contributed by atoms with Crippen LogP contribution in [0.15, 0.2) is 79.4 Å². The Morgan fingerprint density at radius 1 is 1.03 bits per heavy atom. The van der Waals surface area contributed by atoms with E-state index in [0.717, 1.165) is 16.7 Å². The van der Waals surface area contributed by atoms with Gasteiger partial charge in [0.2, 0.25) is 0 Å². The number of nitrogens with zero attached hydrogens (tertiary/aromatic N) is 4. The number of benzene rings is 3. The van der Waals surface area contributed by atoms with Crippen LogP contribution < -0.4 is 4.74 Å². The smallest absolute Gasteiger partial charge is 0.120 e. The van der Waals surface area contributed by atoms with Gasteiger partial charge in [0.1, 0.15) is 12.4 Å². The number of hydrogen-bond donors (Lipinski definition) is 0. The maximum absolute atomic E-state index is 8.91. The van der Waals surface area contributed by atoms with Crippen molar-refractivity contribution in [3.05, 3.63) is 96.1 Å². The van der Waals surface area contributed by atoms with Gasteiger partial charge in [-0.15, -0.1) is 0 Å². The molecule has 31 heavy (non-hydrogen) atoms. The molecule has 4 rings (SSSR count). The normalized spacial score (nSPS) is 13.1. The summed E-state index contributed by atoms with van der Waals surface area (Å²) in [6.45, 7) is 2.70. The Morgan fingerprint density at radius 2 is 1.77 bits per heavy atom. The fourth-order valence-corrected chi connectivity index (χ4v) is 3.77. The molecule has 0 aliphatic heterocycles. The van der Waals surface area contributed by atoms with Gasteiger partial charge in [-0.3, -0.25) is 0 Å². The summed E-state index contributed by atoms with van der Waals surface area (Å²) < 4.78 is 8.15. The molecular formula is C26H26N4O. The van der Waals surface area contributed by atoms with Gasteiger partial charge in [-0.25, -0.2) is 4.98 Å². The minimum absolute atomic E-state index is 0.175. The van der Waals surface area contributed by atoms with Gasteiger partial charge < -0.3 is 14.2 Å². The Bertz CT molecular complexity index is 1190. The van der Waals surface area contributed by atoms with E-state index in [4.69, 9.17) is 10.00 Å². The molecule has 2 unspecified atom stereocenters. The number of aromatic nitrogens is 2. The van der Waals surface area contributed by atoms with Crippen molar-refractivity contribution in [3.8, 4) is 11.8 Å². The second kappa shape index (κ2) is 9.03. The highest BCUT2D eigenvalue weighted by atomic mass is 16.5. The average molecular weight is 411 g/mol. The molecule has 1 aromatic heterocycles. The Hall–Kier alpha value is -3.62. The molecule has 0 bridgehead atoms. The number of fused-ring (bicyclic) bond motifs is 1. The third kappa shape index (κ3) is 4.60. The van der Waals surface area contributed by atoms with Crippen LogP contribution >= 0.6 is 0 Å². The molecule has 3 aromatic carbocycles. The zero-order chi connectivity index (χ0) is 21.8. The molecule has 0 N–H and O–H groups in total. The second-order valence-electron chi connectivity index (χ2n) is 8.02. The lowest BCUT2D eigenvalue weighted by atomic mass is 9.96. The van der Waals surface area contributed by atoms with Crippen molar-refractivity contribution in [2.75, 3.05) is 14.1 Å². The van der Waals surface area contributed by atoms with Crippen molar-refractivity contribution < 1.29 is 4.74 Å². The zero-order valence-corrected chi connectivity index (χ0v) is 18.1. The average Bonchev–Trinajstić information content (AvgIpc) is 3.32. The van der Waals surface area contributed by atoms with Crippen molar-refractivity contribution in [1.29, 1.82) is 5.26 Å². The number of ether oxygens (including phenoxy) is 1. The topological polar surface area (TPSA) is 54.1 Å². The first-order chi connectivity index (χ1) is 15.0. The molecular weight excluding hydrogens is 384 g/mol. The maximum atomic E-state index is 8.91. The molecule has 5 nitrogen and oxygen atoms in total. The molecule has 0 spiro atoms. The highest BCUT2D eigenvalue weighted by Gasteiger charge is 2.22. The van der Waals surface area contributed by atoms with Crippen LogP contribution in [0.5, 0.6) is 5.75 Å². The molecule has 0 saturated carbocycles. The van der Waals surface area contributed by atoms with Crippen LogP contribution in [0.2, 0.25) is 0 Å². The van der Waals surface area contributed by atoms with E-state index in [0.29, 0.717) is 18.2 Å². The van der Waals surface area contributed by atoms with E-state index in [9.17, 15) is 0 Å². The van der Waals surface area contributed by atoms with Crippen LogP contribution in [0.1, 0.15) is 29.7 Å². The second-order valence-corrected chi connectivity index (χ2v) is 8.02. The number of imidazole rings is 1. The van der Waals surface area contributed by atoms with Crippen LogP contribution in [0.4, 0.5) is 0 Å². The summed E-state index contributed by atoms with van der Waals surface area (Å²) in [5.74, 6) is 0.831. The van der Waals surface area contributed by atoms with Crippen molar-refractivity contribution >= 4 is 10.8 Å². The summed E-state index contributed by atoms with van der Waals surface area (Å²) in [7, 11) is 4.21. The van der Waals surface area contributed by atoms with E-state index in [2.05, 4.69) is 71.9 Å². The molecule has 0 amide bonds. The zero-order valence-electron chi connectivity index (χ0n) is 18.1. The fraction of sp³-hybridized carbons (Fsp3) is 0.231. The SMILES string of the molecule is CC(C(c1ccc2cc(OCc3ccc(C#N)cc3)ccc2c1)n1ccnc1)N(C)C. The van der Waals surface area contributed by atoms with Crippen molar-refractivity contribution in [1.82, 2.24) is 14.5 Å². The van der Waals surface area contributed by atoms with E-state index >= 15 is 0 Å². The number of likely N-dealkylation sites (N-methyl/N-ethyl adjacent to an activating group) is 1. The quantitative estimate of drug-likeness (QED) is 0.429. The van der Waals surface area contributed by atoms with Crippen molar-refractivity contribution in [3.63, 3.8) is 0 Å². The fourth-order valence-electron chi connectivity index (χ4n) is 3.77.